The molecule has 3 N–H and O–H groups in total. The van der Waals surface area contributed by atoms with Gasteiger partial charge in [-0.1, -0.05) is 12.8 Å². The average molecular weight is 225 g/mol. The Balaban J connectivity index is 1.52. The van der Waals surface area contributed by atoms with E-state index in [0.29, 0.717) is 6.04 Å². The Morgan fingerprint density at radius 2 is 2.06 bits per heavy atom. The third kappa shape index (κ3) is 3.67. The first kappa shape index (κ1) is 11.7. The van der Waals surface area contributed by atoms with Crippen molar-refractivity contribution in [2.45, 2.75) is 44.6 Å². The Kier molecular flexibility index (Phi) is 4.45. The molecule has 1 unspecified atom stereocenters. The fourth-order valence-corrected chi connectivity index (χ4v) is 2.66. The van der Waals surface area contributed by atoms with E-state index in [1.807, 2.05) is 0 Å². The van der Waals surface area contributed by atoms with Crippen LogP contribution in [0.5, 0.6) is 0 Å². The molecule has 4 nitrogen and oxygen atoms in total. The standard InChI is InChI=1S/C12H23N3O/c16-12(15-11-3-1-2-4-11)14-8-6-10-5-7-13-9-10/h10-11,13H,1-9H2,(H2,14,15,16). The van der Waals surface area contributed by atoms with E-state index in [4.69, 9.17) is 0 Å². The van der Waals surface area contributed by atoms with Gasteiger partial charge in [0.2, 0.25) is 0 Å². The molecule has 2 rings (SSSR count). The van der Waals surface area contributed by atoms with E-state index < -0.39 is 0 Å². The minimum absolute atomic E-state index is 0.0258. The van der Waals surface area contributed by atoms with Gasteiger partial charge < -0.3 is 16.0 Å². The smallest absolute Gasteiger partial charge is 0.315 e. The summed E-state index contributed by atoms with van der Waals surface area (Å²) in [5, 5.41) is 9.34. The zero-order valence-corrected chi connectivity index (χ0v) is 9.93. The molecule has 1 saturated carbocycles. The lowest BCUT2D eigenvalue weighted by Gasteiger charge is -2.14. The lowest BCUT2D eigenvalue weighted by molar-refractivity contribution is 0.236. The predicted molar refractivity (Wildman–Crippen MR) is 64.4 cm³/mol. The SMILES string of the molecule is O=C(NCCC1CCNC1)NC1CCCC1. The first-order valence-electron chi connectivity index (χ1n) is 6.59. The van der Waals surface area contributed by atoms with Crippen molar-refractivity contribution >= 4 is 6.03 Å². The minimum Gasteiger partial charge on any atom is -0.338 e. The third-order valence-electron chi connectivity index (χ3n) is 3.69. The zero-order valence-electron chi connectivity index (χ0n) is 9.93. The van der Waals surface area contributed by atoms with Crippen LogP contribution >= 0.6 is 0 Å². The summed E-state index contributed by atoms with van der Waals surface area (Å²) in [6, 6.07) is 0.450. The molecule has 4 heteroatoms. The fraction of sp³-hybridized carbons (Fsp3) is 0.917. The van der Waals surface area contributed by atoms with Crippen molar-refractivity contribution in [1.82, 2.24) is 16.0 Å². The molecule has 0 aromatic heterocycles. The van der Waals surface area contributed by atoms with Crippen LogP contribution in [0.3, 0.4) is 0 Å². The Labute approximate surface area is 97.6 Å². The molecule has 2 fully saturated rings. The summed E-state index contributed by atoms with van der Waals surface area (Å²) >= 11 is 0. The van der Waals surface area contributed by atoms with Crippen molar-refractivity contribution in [2.24, 2.45) is 5.92 Å². The number of carbonyl (C=O) groups is 1. The van der Waals surface area contributed by atoms with E-state index in [0.717, 1.165) is 44.8 Å². The lowest BCUT2D eigenvalue weighted by Crippen LogP contribution is -2.41. The second-order valence-electron chi connectivity index (χ2n) is 5.03. The van der Waals surface area contributed by atoms with Crippen LogP contribution in [-0.2, 0) is 0 Å². The Hall–Kier alpha value is -0.770. The number of carbonyl (C=O) groups excluding carboxylic acids is 1. The Bertz CT molecular complexity index is 220. The summed E-state index contributed by atoms with van der Waals surface area (Å²) in [7, 11) is 0. The minimum atomic E-state index is 0.0258. The van der Waals surface area contributed by atoms with Crippen molar-refractivity contribution in [2.75, 3.05) is 19.6 Å². The fourth-order valence-electron chi connectivity index (χ4n) is 2.66. The van der Waals surface area contributed by atoms with Crippen molar-refractivity contribution in [3.05, 3.63) is 0 Å². The molecular weight excluding hydrogens is 202 g/mol. The monoisotopic (exact) mass is 225 g/mol. The number of hydrogen-bond acceptors (Lipinski definition) is 2. The van der Waals surface area contributed by atoms with E-state index in [1.54, 1.807) is 0 Å². The van der Waals surface area contributed by atoms with Gasteiger partial charge >= 0.3 is 6.03 Å². The second-order valence-corrected chi connectivity index (χ2v) is 5.03. The van der Waals surface area contributed by atoms with Crippen LogP contribution in [0.4, 0.5) is 4.79 Å². The third-order valence-corrected chi connectivity index (χ3v) is 3.69. The molecular formula is C12H23N3O. The van der Waals surface area contributed by atoms with Crippen LogP contribution in [0.1, 0.15) is 38.5 Å². The van der Waals surface area contributed by atoms with Gasteiger partial charge in [-0.25, -0.2) is 4.79 Å². The highest BCUT2D eigenvalue weighted by Crippen LogP contribution is 2.17. The normalized spacial score (nSPS) is 25.9. The summed E-state index contributed by atoms with van der Waals surface area (Å²) in [4.78, 5) is 11.5. The first-order valence-corrected chi connectivity index (χ1v) is 6.59. The lowest BCUT2D eigenvalue weighted by atomic mass is 10.1. The summed E-state index contributed by atoms with van der Waals surface area (Å²) in [5.74, 6) is 0.756. The van der Waals surface area contributed by atoms with Crippen LogP contribution in [-0.4, -0.2) is 31.7 Å². The molecule has 1 atom stereocenters. The maximum Gasteiger partial charge on any atom is 0.315 e. The van der Waals surface area contributed by atoms with E-state index in [1.165, 1.54) is 19.3 Å². The number of hydrogen-bond donors (Lipinski definition) is 3. The summed E-state index contributed by atoms with van der Waals surface area (Å²) in [6.45, 7) is 3.07. The van der Waals surface area contributed by atoms with Crippen LogP contribution in [0.25, 0.3) is 0 Å². The van der Waals surface area contributed by atoms with Crippen molar-refractivity contribution in [3.8, 4) is 0 Å². The summed E-state index contributed by atoms with van der Waals surface area (Å²) in [5.41, 5.74) is 0. The molecule has 0 radical (unpaired) electrons. The van der Waals surface area contributed by atoms with Crippen molar-refractivity contribution in [1.29, 1.82) is 0 Å². The number of amides is 2. The second kappa shape index (κ2) is 6.09. The number of rotatable bonds is 4. The largest absolute Gasteiger partial charge is 0.338 e. The van der Waals surface area contributed by atoms with Gasteiger partial charge in [-0.15, -0.1) is 0 Å². The molecule has 0 aromatic carbocycles. The van der Waals surface area contributed by atoms with Crippen LogP contribution in [0, 0.1) is 5.92 Å². The van der Waals surface area contributed by atoms with Gasteiger partial charge in [-0.05, 0) is 44.7 Å². The van der Waals surface area contributed by atoms with Gasteiger partial charge in [0.05, 0.1) is 0 Å². The number of nitrogens with one attached hydrogen (secondary N) is 3. The molecule has 0 spiro atoms. The summed E-state index contributed by atoms with van der Waals surface area (Å²) < 4.78 is 0. The Morgan fingerprint density at radius 1 is 1.25 bits per heavy atom. The molecule has 2 amide bonds. The zero-order chi connectivity index (χ0) is 11.2. The van der Waals surface area contributed by atoms with Gasteiger partial charge in [0, 0.05) is 12.6 Å². The summed E-state index contributed by atoms with van der Waals surface area (Å²) in [6.07, 6.45) is 7.19. The van der Waals surface area contributed by atoms with Crippen LogP contribution in [0.15, 0.2) is 0 Å². The maximum absolute atomic E-state index is 11.5. The van der Waals surface area contributed by atoms with E-state index >= 15 is 0 Å². The van der Waals surface area contributed by atoms with Gasteiger partial charge in [0.15, 0.2) is 0 Å². The highest BCUT2D eigenvalue weighted by atomic mass is 16.2. The average Bonchev–Trinajstić information content (AvgIpc) is 2.90. The van der Waals surface area contributed by atoms with E-state index in [2.05, 4.69) is 16.0 Å². The van der Waals surface area contributed by atoms with Crippen molar-refractivity contribution in [3.63, 3.8) is 0 Å². The van der Waals surface area contributed by atoms with E-state index in [9.17, 15) is 4.79 Å². The van der Waals surface area contributed by atoms with Gasteiger partial charge in [0.25, 0.3) is 0 Å². The van der Waals surface area contributed by atoms with E-state index in [-0.39, 0.29) is 6.03 Å². The quantitative estimate of drug-likeness (QED) is 0.674. The molecule has 0 aromatic rings. The molecule has 1 saturated heterocycles. The topological polar surface area (TPSA) is 53.2 Å². The van der Waals surface area contributed by atoms with Crippen LogP contribution < -0.4 is 16.0 Å². The molecule has 0 bridgehead atoms. The van der Waals surface area contributed by atoms with Gasteiger partial charge in [-0.3, -0.25) is 0 Å². The van der Waals surface area contributed by atoms with Crippen molar-refractivity contribution < 1.29 is 4.79 Å². The highest BCUT2D eigenvalue weighted by molar-refractivity contribution is 5.74. The molecule has 92 valence electrons. The molecule has 1 aliphatic heterocycles. The molecule has 16 heavy (non-hydrogen) atoms. The first-order chi connectivity index (χ1) is 7.84. The highest BCUT2D eigenvalue weighted by Gasteiger charge is 2.17. The van der Waals surface area contributed by atoms with Crippen LogP contribution in [0.2, 0.25) is 0 Å². The Morgan fingerprint density at radius 3 is 2.75 bits per heavy atom. The molecule has 1 heterocycles. The number of urea groups is 1. The maximum atomic E-state index is 11.5. The predicted octanol–water partition coefficient (Wildman–Crippen LogP) is 1.23. The van der Waals surface area contributed by atoms with Gasteiger partial charge in [-0.2, -0.15) is 0 Å². The van der Waals surface area contributed by atoms with Gasteiger partial charge in [0.1, 0.15) is 0 Å². The molecule has 1 aliphatic carbocycles. The molecule has 2 aliphatic rings.